The number of carbonyl (C=O) groups excluding carboxylic acids is 2. The summed E-state index contributed by atoms with van der Waals surface area (Å²) in [6.45, 7) is 6.28. The Kier molecular flexibility index (Phi) is 5.46. The van der Waals surface area contributed by atoms with Crippen molar-refractivity contribution in [1.82, 2.24) is 20.1 Å². The van der Waals surface area contributed by atoms with Gasteiger partial charge in [-0.1, -0.05) is 0 Å². The van der Waals surface area contributed by atoms with Gasteiger partial charge in [0.1, 0.15) is 0 Å². The van der Waals surface area contributed by atoms with Crippen LogP contribution >= 0.6 is 0 Å². The van der Waals surface area contributed by atoms with Crippen LogP contribution in [0.1, 0.15) is 31.1 Å². The number of aromatic nitrogens is 3. The van der Waals surface area contributed by atoms with Crippen LogP contribution in [-0.4, -0.2) is 33.1 Å². The fraction of sp³-hybridized carbons (Fsp3) is 0.375. The van der Waals surface area contributed by atoms with E-state index >= 15 is 0 Å². The van der Waals surface area contributed by atoms with E-state index < -0.39 is 11.8 Å². The van der Waals surface area contributed by atoms with Gasteiger partial charge in [0.15, 0.2) is 0 Å². The molecule has 0 aromatic carbocycles. The van der Waals surface area contributed by atoms with Crippen molar-refractivity contribution in [2.75, 3.05) is 11.9 Å². The van der Waals surface area contributed by atoms with Crippen LogP contribution in [0, 0.1) is 6.92 Å². The lowest BCUT2D eigenvalue weighted by molar-refractivity contribution is -0.136. The predicted octanol–water partition coefficient (Wildman–Crippen LogP) is 1.46. The molecule has 2 N–H and O–H groups in total. The lowest BCUT2D eigenvalue weighted by Gasteiger charge is -2.07. The molecule has 23 heavy (non-hydrogen) atoms. The van der Waals surface area contributed by atoms with Crippen LogP contribution in [0.15, 0.2) is 30.7 Å². The SMILES string of the molecule is Cc1ccncc1NC(=O)C(=O)NCCc1ccn(C(C)C)n1. The molecule has 0 spiro atoms. The van der Waals surface area contributed by atoms with E-state index in [0.717, 1.165) is 11.3 Å². The second-order valence-electron chi connectivity index (χ2n) is 5.53. The summed E-state index contributed by atoms with van der Waals surface area (Å²) in [6.07, 6.45) is 5.62. The fourth-order valence-corrected chi connectivity index (χ4v) is 1.96. The maximum absolute atomic E-state index is 11.8. The first-order valence-corrected chi connectivity index (χ1v) is 7.51. The Morgan fingerprint density at radius 3 is 2.70 bits per heavy atom. The van der Waals surface area contributed by atoms with Gasteiger partial charge in [0.05, 0.1) is 17.6 Å². The molecule has 7 nitrogen and oxygen atoms in total. The van der Waals surface area contributed by atoms with E-state index in [9.17, 15) is 9.59 Å². The van der Waals surface area contributed by atoms with Crippen LogP contribution in [-0.2, 0) is 16.0 Å². The maximum Gasteiger partial charge on any atom is 0.313 e. The van der Waals surface area contributed by atoms with Crippen LogP contribution in [0.2, 0.25) is 0 Å². The highest BCUT2D eigenvalue weighted by Gasteiger charge is 2.14. The molecule has 7 heteroatoms. The summed E-state index contributed by atoms with van der Waals surface area (Å²) >= 11 is 0. The highest BCUT2D eigenvalue weighted by atomic mass is 16.2. The first-order chi connectivity index (χ1) is 11.0. The molecule has 0 saturated heterocycles. The van der Waals surface area contributed by atoms with Gasteiger partial charge in [0.2, 0.25) is 0 Å². The molecule has 2 aromatic heterocycles. The number of nitrogens with zero attached hydrogens (tertiary/aromatic N) is 3. The molecular weight excluding hydrogens is 294 g/mol. The molecule has 2 heterocycles. The summed E-state index contributed by atoms with van der Waals surface area (Å²) < 4.78 is 1.86. The van der Waals surface area contributed by atoms with Crippen molar-refractivity contribution in [3.05, 3.63) is 42.0 Å². The Morgan fingerprint density at radius 1 is 1.26 bits per heavy atom. The number of amides is 2. The average Bonchev–Trinajstić information content (AvgIpc) is 2.98. The highest BCUT2D eigenvalue weighted by molar-refractivity contribution is 6.39. The Bertz CT molecular complexity index is 693. The molecule has 2 aromatic rings. The summed E-state index contributed by atoms with van der Waals surface area (Å²) in [4.78, 5) is 27.5. The molecule has 2 amide bonds. The van der Waals surface area contributed by atoms with Crippen LogP contribution in [0.5, 0.6) is 0 Å². The molecule has 0 saturated carbocycles. The van der Waals surface area contributed by atoms with Crippen molar-refractivity contribution in [3.8, 4) is 0 Å². The summed E-state index contributed by atoms with van der Waals surface area (Å²) in [6, 6.07) is 3.97. The third-order valence-corrected chi connectivity index (χ3v) is 3.35. The van der Waals surface area contributed by atoms with Crippen molar-refractivity contribution < 1.29 is 9.59 Å². The van der Waals surface area contributed by atoms with E-state index in [1.165, 1.54) is 6.20 Å². The summed E-state index contributed by atoms with van der Waals surface area (Å²) in [7, 11) is 0. The summed E-state index contributed by atoms with van der Waals surface area (Å²) in [5.74, 6) is -1.37. The lowest BCUT2D eigenvalue weighted by atomic mass is 10.2. The minimum absolute atomic E-state index is 0.298. The van der Waals surface area contributed by atoms with Gasteiger partial charge in [-0.2, -0.15) is 5.10 Å². The average molecular weight is 315 g/mol. The molecule has 0 radical (unpaired) electrons. The molecule has 0 bridgehead atoms. The van der Waals surface area contributed by atoms with Gasteiger partial charge in [-0.15, -0.1) is 0 Å². The van der Waals surface area contributed by atoms with Gasteiger partial charge in [-0.05, 0) is 38.5 Å². The summed E-state index contributed by atoms with van der Waals surface area (Å²) in [5.41, 5.74) is 2.26. The third kappa shape index (κ3) is 4.64. The zero-order valence-corrected chi connectivity index (χ0v) is 13.5. The standard InChI is InChI=1S/C16H21N5O2/c1-11(2)21-9-6-13(20-21)5-8-18-15(22)16(23)19-14-10-17-7-4-12(14)3/h4,6-7,9-11H,5,8H2,1-3H3,(H,18,22)(H,19,23). The molecule has 122 valence electrons. The van der Waals surface area contributed by atoms with Gasteiger partial charge < -0.3 is 10.6 Å². The number of aryl methyl sites for hydroxylation is 1. The Morgan fingerprint density at radius 2 is 2.04 bits per heavy atom. The molecule has 0 aliphatic carbocycles. The van der Waals surface area contributed by atoms with Crippen LogP contribution in [0.25, 0.3) is 0 Å². The lowest BCUT2D eigenvalue weighted by Crippen LogP contribution is -2.36. The van der Waals surface area contributed by atoms with Crippen LogP contribution < -0.4 is 10.6 Å². The normalized spacial score (nSPS) is 10.6. The number of carbonyl (C=O) groups is 2. The van der Waals surface area contributed by atoms with Gasteiger partial charge in [-0.25, -0.2) is 0 Å². The second kappa shape index (κ2) is 7.53. The molecular formula is C16H21N5O2. The molecule has 0 unspecified atom stereocenters. The minimum Gasteiger partial charge on any atom is -0.347 e. The molecule has 0 aliphatic rings. The van der Waals surface area contributed by atoms with E-state index in [1.54, 1.807) is 12.3 Å². The highest BCUT2D eigenvalue weighted by Crippen LogP contribution is 2.10. The first kappa shape index (κ1) is 16.7. The summed E-state index contributed by atoms with van der Waals surface area (Å²) in [5, 5.41) is 9.52. The van der Waals surface area contributed by atoms with Gasteiger partial charge >= 0.3 is 11.8 Å². The fourth-order valence-electron chi connectivity index (χ4n) is 1.96. The maximum atomic E-state index is 11.8. The Labute approximate surface area is 135 Å². The van der Waals surface area contributed by atoms with E-state index in [4.69, 9.17) is 0 Å². The number of rotatable bonds is 5. The van der Waals surface area contributed by atoms with Crippen molar-refractivity contribution in [2.24, 2.45) is 0 Å². The number of hydrogen-bond acceptors (Lipinski definition) is 4. The number of anilines is 1. The van der Waals surface area contributed by atoms with Crippen LogP contribution in [0.4, 0.5) is 5.69 Å². The monoisotopic (exact) mass is 315 g/mol. The first-order valence-electron chi connectivity index (χ1n) is 7.51. The van der Waals surface area contributed by atoms with E-state index in [2.05, 4.69) is 20.7 Å². The van der Waals surface area contributed by atoms with Gasteiger partial charge in [-0.3, -0.25) is 19.3 Å². The van der Waals surface area contributed by atoms with Gasteiger partial charge in [0, 0.05) is 31.4 Å². The molecule has 0 aliphatic heterocycles. The Hall–Kier alpha value is -2.70. The number of hydrogen-bond donors (Lipinski definition) is 2. The van der Waals surface area contributed by atoms with Crippen molar-refractivity contribution >= 4 is 17.5 Å². The molecule has 0 fully saturated rings. The van der Waals surface area contributed by atoms with E-state index in [1.807, 2.05) is 37.7 Å². The quantitative estimate of drug-likeness (QED) is 0.818. The zero-order chi connectivity index (χ0) is 16.8. The van der Waals surface area contributed by atoms with E-state index in [0.29, 0.717) is 24.7 Å². The van der Waals surface area contributed by atoms with Gasteiger partial charge in [0.25, 0.3) is 0 Å². The van der Waals surface area contributed by atoms with Crippen LogP contribution in [0.3, 0.4) is 0 Å². The zero-order valence-electron chi connectivity index (χ0n) is 13.5. The smallest absolute Gasteiger partial charge is 0.313 e. The predicted molar refractivity (Wildman–Crippen MR) is 86.9 cm³/mol. The Balaban J connectivity index is 1.80. The number of nitrogens with one attached hydrogen (secondary N) is 2. The number of pyridine rings is 1. The van der Waals surface area contributed by atoms with Crippen molar-refractivity contribution in [2.45, 2.75) is 33.2 Å². The molecule has 2 rings (SSSR count). The third-order valence-electron chi connectivity index (χ3n) is 3.35. The largest absolute Gasteiger partial charge is 0.347 e. The topological polar surface area (TPSA) is 88.9 Å². The second-order valence-corrected chi connectivity index (χ2v) is 5.53. The van der Waals surface area contributed by atoms with Crippen molar-refractivity contribution in [3.63, 3.8) is 0 Å². The van der Waals surface area contributed by atoms with Crippen molar-refractivity contribution in [1.29, 1.82) is 0 Å². The van der Waals surface area contributed by atoms with E-state index in [-0.39, 0.29) is 0 Å². The minimum atomic E-state index is -0.700. The molecule has 0 atom stereocenters.